The average Bonchev–Trinajstić information content (AvgIpc) is 2.69. The molecule has 2 fully saturated rings. The molecule has 2 aliphatic rings. The summed E-state index contributed by atoms with van der Waals surface area (Å²) in [5, 5.41) is 9.72. The molecule has 28 heavy (non-hydrogen) atoms. The van der Waals surface area contributed by atoms with Crippen LogP contribution in [0.5, 0.6) is 0 Å². The second-order valence-corrected chi connectivity index (χ2v) is 9.31. The Kier molecular flexibility index (Phi) is 7.17. The summed E-state index contributed by atoms with van der Waals surface area (Å²) in [6, 6.07) is 7.67. The first kappa shape index (κ1) is 21.3. The smallest absolute Gasteiger partial charge is 0.310 e. The molecule has 0 radical (unpaired) electrons. The van der Waals surface area contributed by atoms with Crippen molar-refractivity contribution in [2.24, 2.45) is 23.7 Å². The van der Waals surface area contributed by atoms with E-state index in [1.165, 1.54) is 44.1 Å². The van der Waals surface area contributed by atoms with Crippen molar-refractivity contribution in [2.45, 2.75) is 90.1 Å². The highest BCUT2D eigenvalue weighted by molar-refractivity contribution is 5.72. The van der Waals surface area contributed by atoms with Gasteiger partial charge in [-0.1, -0.05) is 70.2 Å². The fraction of sp³-hybridized carbons (Fsp3) is 0.720. The van der Waals surface area contributed by atoms with Crippen LogP contribution < -0.4 is 0 Å². The molecule has 0 bridgehead atoms. The molecular formula is C25H37FO2. The quantitative estimate of drug-likeness (QED) is 0.551. The fourth-order valence-electron chi connectivity index (χ4n) is 5.87. The van der Waals surface area contributed by atoms with Gasteiger partial charge in [-0.15, -0.1) is 0 Å². The molecule has 0 saturated heterocycles. The highest BCUT2D eigenvalue weighted by Gasteiger charge is 2.50. The van der Waals surface area contributed by atoms with Crippen molar-refractivity contribution in [1.82, 2.24) is 0 Å². The van der Waals surface area contributed by atoms with Crippen molar-refractivity contribution in [3.63, 3.8) is 0 Å². The molecule has 0 aliphatic heterocycles. The lowest BCUT2D eigenvalue weighted by molar-refractivity contribution is -0.152. The van der Waals surface area contributed by atoms with Crippen LogP contribution in [0.1, 0.15) is 89.2 Å². The van der Waals surface area contributed by atoms with Crippen LogP contribution in [0.25, 0.3) is 0 Å². The number of carboxylic acid groups (broad SMARTS) is 1. The van der Waals surface area contributed by atoms with Crippen molar-refractivity contribution < 1.29 is 14.3 Å². The van der Waals surface area contributed by atoms with Crippen LogP contribution in [0.2, 0.25) is 0 Å². The third-order valence-corrected chi connectivity index (χ3v) is 7.46. The maximum absolute atomic E-state index is 16.4. The van der Waals surface area contributed by atoms with E-state index in [2.05, 4.69) is 13.8 Å². The number of aryl methyl sites for hydroxylation is 1. The normalized spacial score (nSPS) is 33.5. The number of rotatable bonds is 7. The first-order chi connectivity index (χ1) is 13.5. The number of alkyl halides is 1. The van der Waals surface area contributed by atoms with Gasteiger partial charge in [0.15, 0.2) is 0 Å². The first-order valence-corrected chi connectivity index (χ1v) is 11.5. The summed E-state index contributed by atoms with van der Waals surface area (Å²) in [6.45, 7) is 4.38. The summed E-state index contributed by atoms with van der Waals surface area (Å²) < 4.78 is 16.4. The van der Waals surface area contributed by atoms with Gasteiger partial charge in [0, 0.05) is 0 Å². The van der Waals surface area contributed by atoms with E-state index in [0.29, 0.717) is 30.2 Å². The van der Waals surface area contributed by atoms with Crippen LogP contribution in [0.3, 0.4) is 0 Å². The van der Waals surface area contributed by atoms with Gasteiger partial charge >= 0.3 is 5.97 Å². The van der Waals surface area contributed by atoms with Crippen LogP contribution in [0.15, 0.2) is 24.3 Å². The molecule has 3 heteroatoms. The molecule has 1 unspecified atom stereocenters. The molecule has 2 nitrogen and oxygen atoms in total. The van der Waals surface area contributed by atoms with Gasteiger partial charge < -0.3 is 5.11 Å². The van der Waals surface area contributed by atoms with Crippen molar-refractivity contribution in [2.75, 3.05) is 0 Å². The zero-order valence-electron chi connectivity index (χ0n) is 17.6. The standard InChI is InChI=1S/C25H37FO2/c1-3-5-18-7-11-20(12-8-18)21-13-16-23(24(27)28)25(26,17-21)22-14-9-19(6-4-2)10-15-22/h9-10,14-15,18,20-21,23H,3-8,11-13,16-17H2,1-2H3,(H,27,28)/t18?,20?,21-,23+,25?/m0/s1. The fourth-order valence-corrected chi connectivity index (χ4v) is 5.87. The van der Waals surface area contributed by atoms with Gasteiger partial charge in [0.2, 0.25) is 0 Å². The van der Waals surface area contributed by atoms with E-state index in [4.69, 9.17) is 0 Å². The Morgan fingerprint density at radius 3 is 2.21 bits per heavy atom. The Morgan fingerprint density at radius 2 is 1.64 bits per heavy atom. The number of carbonyl (C=O) groups is 1. The minimum Gasteiger partial charge on any atom is -0.481 e. The maximum atomic E-state index is 16.4. The summed E-state index contributed by atoms with van der Waals surface area (Å²) in [5.41, 5.74) is 0.0344. The lowest BCUT2D eigenvalue weighted by Gasteiger charge is -2.44. The molecule has 2 saturated carbocycles. The molecule has 3 rings (SSSR count). The van der Waals surface area contributed by atoms with Crippen LogP contribution in [-0.2, 0) is 16.9 Å². The van der Waals surface area contributed by atoms with E-state index in [1.807, 2.05) is 24.3 Å². The SMILES string of the molecule is CCCc1ccc(C2(F)C[C@@H](C3CCC(CCC)CC3)CC[C@@H]2C(=O)O)cc1. The number of benzene rings is 1. The zero-order valence-corrected chi connectivity index (χ0v) is 17.6. The largest absolute Gasteiger partial charge is 0.481 e. The average molecular weight is 389 g/mol. The molecule has 0 aromatic heterocycles. The van der Waals surface area contributed by atoms with Crippen molar-refractivity contribution in [3.05, 3.63) is 35.4 Å². The second kappa shape index (κ2) is 9.41. The summed E-state index contributed by atoms with van der Waals surface area (Å²) in [5.74, 6) is -0.170. The number of hydrogen-bond donors (Lipinski definition) is 1. The van der Waals surface area contributed by atoms with Gasteiger partial charge in [-0.25, -0.2) is 4.39 Å². The minimum absolute atomic E-state index is 0.318. The predicted octanol–water partition coefficient (Wildman–Crippen LogP) is 6.91. The van der Waals surface area contributed by atoms with Gasteiger partial charge in [-0.2, -0.15) is 0 Å². The maximum Gasteiger partial charge on any atom is 0.310 e. The Hall–Kier alpha value is -1.38. The number of hydrogen-bond acceptors (Lipinski definition) is 1. The third kappa shape index (κ3) is 4.60. The van der Waals surface area contributed by atoms with Crippen LogP contribution in [0, 0.1) is 23.7 Å². The zero-order chi connectivity index (χ0) is 20.1. The topological polar surface area (TPSA) is 37.3 Å². The van der Waals surface area contributed by atoms with Crippen molar-refractivity contribution in [1.29, 1.82) is 0 Å². The number of carboxylic acids is 1. The molecule has 0 heterocycles. The number of aliphatic carboxylic acids is 1. The third-order valence-electron chi connectivity index (χ3n) is 7.46. The summed E-state index contributed by atoms with van der Waals surface area (Å²) in [4.78, 5) is 11.9. The summed E-state index contributed by atoms with van der Waals surface area (Å²) in [6.07, 6.45) is 11.2. The molecule has 0 amide bonds. The molecule has 1 N–H and O–H groups in total. The van der Waals surface area contributed by atoms with Crippen molar-refractivity contribution in [3.8, 4) is 0 Å². The van der Waals surface area contributed by atoms with Gasteiger partial charge in [0.05, 0.1) is 5.92 Å². The Morgan fingerprint density at radius 1 is 1.00 bits per heavy atom. The summed E-state index contributed by atoms with van der Waals surface area (Å²) in [7, 11) is 0. The lowest BCUT2D eigenvalue weighted by atomic mass is 9.62. The highest BCUT2D eigenvalue weighted by atomic mass is 19.1. The predicted molar refractivity (Wildman–Crippen MR) is 112 cm³/mol. The highest BCUT2D eigenvalue weighted by Crippen LogP contribution is 2.51. The van der Waals surface area contributed by atoms with E-state index in [9.17, 15) is 9.90 Å². The van der Waals surface area contributed by atoms with Gasteiger partial charge in [0.25, 0.3) is 0 Å². The van der Waals surface area contributed by atoms with Crippen LogP contribution in [0.4, 0.5) is 4.39 Å². The van der Waals surface area contributed by atoms with Crippen molar-refractivity contribution >= 4 is 5.97 Å². The van der Waals surface area contributed by atoms with E-state index in [1.54, 1.807) is 0 Å². The molecule has 3 atom stereocenters. The molecule has 156 valence electrons. The summed E-state index contributed by atoms with van der Waals surface area (Å²) >= 11 is 0. The molecule has 2 aliphatic carbocycles. The Balaban J connectivity index is 1.75. The van der Waals surface area contributed by atoms with E-state index in [0.717, 1.165) is 25.2 Å². The molecule has 1 aromatic rings. The molecular weight excluding hydrogens is 351 g/mol. The van der Waals surface area contributed by atoms with Gasteiger partial charge in [-0.05, 0) is 67.4 Å². The monoisotopic (exact) mass is 388 g/mol. The first-order valence-electron chi connectivity index (χ1n) is 11.5. The minimum atomic E-state index is -1.74. The van der Waals surface area contributed by atoms with Gasteiger partial charge in [-0.3, -0.25) is 4.79 Å². The molecule has 1 aromatic carbocycles. The lowest BCUT2D eigenvalue weighted by Crippen LogP contribution is -2.43. The Bertz CT molecular complexity index is 632. The molecule has 0 spiro atoms. The van der Waals surface area contributed by atoms with E-state index in [-0.39, 0.29) is 0 Å². The second-order valence-electron chi connectivity index (χ2n) is 9.31. The van der Waals surface area contributed by atoms with E-state index < -0.39 is 17.6 Å². The van der Waals surface area contributed by atoms with Crippen LogP contribution in [-0.4, -0.2) is 11.1 Å². The van der Waals surface area contributed by atoms with Gasteiger partial charge in [0.1, 0.15) is 5.67 Å². The number of halogens is 1. The van der Waals surface area contributed by atoms with Crippen LogP contribution >= 0.6 is 0 Å². The Labute approximate surface area is 169 Å². The van der Waals surface area contributed by atoms with E-state index >= 15 is 4.39 Å².